The lowest BCUT2D eigenvalue weighted by atomic mass is 10.1. The van der Waals surface area contributed by atoms with Crippen molar-refractivity contribution in [2.24, 2.45) is 5.84 Å². The number of nitro benzene ring substituents is 1. The second-order valence-electron chi connectivity index (χ2n) is 3.56. The zero-order chi connectivity index (χ0) is 14.4. The first-order valence-corrected chi connectivity index (χ1v) is 5.18. The van der Waals surface area contributed by atoms with Crippen LogP contribution in [0, 0.1) is 10.1 Å². The van der Waals surface area contributed by atoms with E-state index in [0.717, 1.165) is 0 Å². The summed E-state index contributed by atoms with van der Waals surface area (Å²) in [4.78, 5) is 32.3. The van der Waals surface area contributed by atoms with Gasteiger partial charge in [-0.3, -0.25) is 25.1 Å². The Labute approximate surface area is 108 Å². The van der Waals surface area contributed by atoms with Gasteiger partial charge in [0, 0.05) is 19.1 Å². The molecule has 2 amide bonds. The molecular weight excluding hydrogens is 252 g/mol. The van der Waals surface area contributed by atoms with E-state index in [0.29, 0.717) is 5.56 Å². The Hall–Kier alpha value is -2.74. The number of carbonyl (C=O) groups is 2. The van der Waals surface area contributed by atoms with Gasteiger partial charge in [0.15, 0.2) is 0 Å². The molecule has 0 radical (unpaired) electrons. The molecule has 0 saturated heterocycles. The van der Waals surface area contributed by atoms with E-state index in [1.165, 1.54) is 37.3 Å². The number of hydrogen-bond acceptors (Lipinski definition) is 5. The third-order valence-electron chi connectivity index (χ3n) is 2.10. The number of nitro groups is 1. The minimum atomic E-state index is -0.673. The third-order valence-corrected chi connectivity index (χ3v) is 2.10. The lowest BCUT2D eigenvalue weighted by Crippen LogP contribution is -2.37. The Balaban J connectivity index is 3.03. The molecule has 100 valence electrons. The van der Waals surface area contributed by atoms with E-state index in [9.17, 15) is 19.7 Å². The second-order valence-corrected chi connectivity index (χ2v) is 3.56. The number of hydrogen-bond donors (Lipinski definition) is 3. The van der Waals surface area contributed by atoms with Crippen LogP contribution in [0.5, 0.6) is 0 Å². The number of carbonyl (C=O) groups excluding carboxylic acids is 2. The van der Waals surface area contributed by atoms with Crippen LogP contribution in [-0.2, 0) is 9.59 Å². The predicted molar refractivity (Wildman–Crippen MR) is 67.2 cm³/mol. The van der Waals surface area contributed by atoms with Gasteiger partial charge in [-0.2, -0.15) is 0 Å². The van der Waals surface area contributed by atoms with E-state index in [2.05, 4.69) is 5.32 Å². The van der Waals surface area contributed by atoms with Gasteiger partial charge in [0.05, 0.1) is 4.92 Å². The van der Waals surface area contributed by atoms with Crippen molar-refractivity contribution in [3.8, 4) is 0 Å². The zero-order valence-corrected chi connectivity index (χ0v) is 10.0. The molecule has 0 aliphatic carbocycles. The molecule has 1 rings (SSSR count). The van der Waals surface area contributed by atoms with Crippen molar-refractivity contribution >= 4 is 23.6 Å². The number of nitrogens with one attached hydrogen (secondary N) is 2. The fourth-order valence-electron chi connectivity index (χ4n) is 1.28. The average Bonchev–Trinajstić information content (AvgIpc) is 2.37. The Bertz CT molecular complexity index is 536. The molecule has 8 nitrogen and oxygen atoms in total. The van der Waals surface area contributed by atoms with E-state index in [-0.39, 0.29) is 11.4 Å². The highest BCUT2D eigenvalue weighted by Gasteiger charge is 2.10. The standard InChI is InChI=1S/C11H12N4O4/c1-7(16)13-10(11(17)14-12)6-8-2-4-9(5-3-8)15(18)19/h2-6H,12H2,1H3,(H,13,16)(H,14,17)/b10-6+. The minimum absolute atomic E-state index is 0.0520. The fourth-order valence-corrected chi connectivity index (χ4v) is 1.28. The topological polar surface area (TPSA) is 127 Å². The normalized spacial score (nSPS) is 10.7. The van der Waals surface area contributed by atoms with E-state index in [1.807, 2.05) is 5.43 Å². The highest BCUT2D eigenvalue weighted by atomic mass is 16.6. The molecule has 1 aromatic rings. The van der Waals surface area contributed by atoms with E-state index in [1.54, 1.807) is 0 Å². The molecule has 0 heterocycles. The molecular formula is C11H12N4O4. The number of nitrogens with two attached hydrogens (primary N) is 1. The second kappa shape index (κ2) is 6.26. The number of nitrogens with zero attached hydrogens (tertiary/aromatic N) is 1. The first kappa shape index (κ1) is 14.3. The average molecular weight is 264 g/mol. The van der Waals surface area contributed by atoms with Gasteiger partial charge in [-0.15, -0.1) is 0 Å². The summed E-state index contributed by atoms with van der Waals surface area (Å²) in [6, 6.07) is 5.47. The maximum atomic E-state index is 11.4. The quantitative estimate of drug-likeness (QED) is 0.233. The van der Waals surface area contributed by atoms with Gasteiger partial charge in [-0.05, 0) is 23.8 Å². The molecule has 4 N–H and O–H groups in total. The lowest BCUT2D eigenvalue weighted by molar-refractivity contribution is -0.384. The minimum Gasteiger partial charge on any atom is -0.322 e. The Morgan fingerprint density at radius 3 is 2.32 bits per heavy atom. The molecule has 0 aromatic heterocycles. The molecule has 0 fully saturated rings. The summed E-state index contributed by atoms with van der Waals surface area (Å²) in [5, 5.41) is 12.8. The molecule has 0 unspecified atom stereocenters. The molecule has 0 saturated carbocycles. The molecule has 8 heteroatoms. The van der Waals surface area contributed by atoms with Crippen molar-refractivity contribution in [1.29, 1.82) is 0 Å². The molecule has 0 aliphatic rings. The molecule has 1 aromatic carbocycles. The zero-order valence-electron chi connectivity index (χ0n) is 10.0. The Morgan fingerprint density at radius 1 is 1.32 bits per heavy atom. The third kappa shape index (κ3) is 4.21. The Morgan fingerprint density at radius 2 is 1.89 bits per heavy atom. The summed E-state index contributed by atoms with van der Waals surface area (Å²) < 4.78 is 0. The molecule has 19 heavy (non-hydrogen) atoms. The number of non-ortho nitro benzene ring substituents is 1. The number of amides is 2. The lowest BCUT2D eigenvalue weighted by Gasteiger charge is -2.06. The summed E-state index contributed by atoms with van der Waals surface area (Å²) >= 11 is 0. The van der Waals surface area contributed by atoms with Gasteiger partial charge in [0.1, 0.15) is 5.70 Å². The first-order chi connectivity index (χ1) is 8.93. The van der Waals surface area contributed by atoms with Crippen molar-refractivity contribution in [1.82, 2.24) is 10.7 Å². The SMILES string of the molecule is CC(=O)N/C(=C/c1ccc([N+](=O)[O-])cc1)C(=O)NN. The highest BCUT2D eigenvalue weighted by Crippen LogP contribution is 2.13. The fraction of sp³-hybridized carbons (Fsp3) is 0.0909. The van der Waals surface area contributed by atoms with Gasteiger partial charge in [-0.25, -0.2) is 5.84 Å². The van der Waals surface area contributed by atoms with Gasteiger partial charge in [0.2, 0.25) is 5.91 Å². The van der Waals surface area contributed by atoms with E-state index >= 15 is 0 Å². The number of rotatable bonds is 4. The van der Waals surface area contributed by atoms with Crippen molar-refractivity contribution in [3.05, 3.63) is 45.6 Å². The van der Waals surface area contributed by atoms with Crippen LogP contribution in [0.25, 0.3) is 6.08 Å². The van der Waals surface area contributed by atoms with Crippen LogP contribution < -0.4 is 16.6 Å². The predicted octanol–water partition coefficient (Wildman–Crippen LogP) is 0.0617. The van der Waals surface area contributed by atoms with Crippen LogP contribution in [0.4, 0.5) is 5.69 Å². The Kier molecular flexibility index (Phi) is 4.72. The van der Waals surface area contributed by atoms with Crippen LogP contribution in [0.2, 0.25) is 0 Å². The summed E-state index contributed by atoms with van der Waals surface area (Å²) in [6.07, 6.45) is 1.35. The van der Waals surface area contributed by atoms with Crippen molar-refractivity contribution < 1.29 is 14.5 Å². The number of hydrazine groups is 1. The van der Waals surface area contributed by atoms with Gasteiger partial charge >= 0.3 is 0 Å². The smallest absolute Gasteiger partial charge is 0.281 e. The largest absolute Gasteiger partial charge is 0.322 e. The van der Waals surface area contributed by atoms with Crippen LogP contribution >= 0.6 is 0 Å². The molecule has 0 atom stereocenters. The van der Waals surface area contributed by atoms with Crippen LogP contribution in [0.15, 0.2) is 30.0 Å². The maximum absolute atomic E-state index is 11.4. The summed E-state index contributed by atoms with van der Waals surface area (Å²) in [6.45, 7) is 1.24. The van der Waals surface area contributed by atoms with Gasteiger partial charge in [-0.1, -0.05) is 0 Å². The van der Waals surface area contributed by atoms with Crippen LogP contribution in [0.3, 0.4) is 0 Å². The first-order valence-electron chi connectivity index (χ1n) is 5.18. The van der Waals surface area contributed by atoms with E-state index < -0.39 is 16.7 Å². The maximum Gasteiger partial charge on any atom is 0.281 e. The highest BCUT2D eigenvalue weighted by molar-refractivity contribution is 6.00. The van der Waals surface area contributed by atoms with Crippen molar-refractivity contribution in [3.63, 3.8) is 0 Å². The van der Waals surface area contributed by atoms with Crippen LogP contribution in [-0.4, -0.2) is 16.7 Å². The van der Waals surface area contributed by atoms with E-state index in [4.69, 9.17) is 5.84 Å². The molecule has 0 spiro atoms. The summed E-state index contributed by atoms with van der Waals surface area (Å²) in [5.41, 5.74) is 2.28. The molecule has 0 aliphatic heterocycles. The van der Waals surface area contributed by atoms with Gasteiger partial charge in [0.25, 0.3) is 11.6 Å². The number of benzene rings is 1. The summed E-state index contributed by atoms with van der Waals surface area (Å²) in [5.74, 6) is 3.88. The molecule has 0 bridgehead atoms. The summed E-state index contributed by atoms with van der Waals surface area (Å²) in [7, 11) is 0. The van der Waals surface area contributed by atoms with Crippen LogP contribution in [0.1, 0.15) is 12.5 Å². The van der Waals surface area contributed by atoms with Crippen molar-refractivity contribution in [2.75, 3.05) is 0 Å². The van der Waals surface area contributed by atoms with Crippen molar-refractivity contribution in [2.45, 2.75) is 6.92 Å². The van der Waals surface area contributed by atoms with Gasteiger partial charge < -0.3 is 5.32 Å². The monoisotopic (exact) mass is 264 g/mol.